The molecule has 1 N–H and O–H groups in total. The van der Waals surface area contributed by atoms with Gasteiger partial charge >= 0.3 is 5.97 Å². The number of hydrogen-bond donors (Lipinski definition) is 1. The second-order valence-electron chi connectivity index (χ2n) is 6.70. The fraction of sp³-hybridized carbons (Fsp3) is 0.286. The van der Waals surface area contributed by atoms with Gasteiger partial charge in [-0.1, -0.05) is 72.3 Å². The Bertz CT molecular complexity index is 794. The van der Waals surface area contributed by atoms with Gasteiger partial charge in [-0.2, -0.15) is 0 Å². The summed E-state index contributed by atoms with van der Waals surface area (Å²) < 4.78 is 4.81. The van der Waals surface area contributed by atoms with Crippen molar-refractivity contribution in [1.82, 2.24) is 9.80 Å². The van der Waals surface area contributed by atoms with Gasteiger partial charge in [-0.15, -0.1) is 0 Å². The number of hydrogen-bond acceptors (Lipinski definition) is 5. The zero-order valence-corrected chi connectivity index (χ0v) is 15.5. The minimum absolute atomic E-state index is 0.0152. The average Bonchev–Trinajstić information content (AvgIpc) is 2.96. The molecule has 2 aromatic rings. The molecule has 1 fully saturated rings. The highest BCUT2D eigenvalue weighted by atomic mass is 35.5. The third-order valence-electron chi connectivity index (χ3n) is 5.11. The summed E-state index contributed by atoms with van der Waals surface area (Å²) in [5.41, 5.74) is 2.87. The zero-order valence-electron chi connectivity index (χ0n) is 14.8. The SMILES string of the molecule is O=C1OC(O)C(N2CCN(C(c3ccccc3)c3ccccc3)CC2)=C1Cl. The molecule has 0 aliphatic carbocycles. The maximum atomic E-state index is 11.6. The molecule has 0 radical (unpaired) electrons. The number of nitrogens with zero attached hydrogens (tertiary/aromatic N) is 2. The number of ether oxygens (including phenoxy) is 1. The molecular weight excluding hydrogens is 364 g/mol. The Labute approximate surface area is 163 Å². The molecule has 2 aliphatic heterocycles. The Morgan fingerprint density at radius 3 is 1.89 bits per heavy atom. The largest absolute Gasteiger partial charge is 0.425 e. The van der Waals surface area contributed by atoms with Crippen molar-refractivity contribution in [3.8, 4) is 0 Å². The van der Waals surface area contributed by atoms with Crippen LogP contribution in [0.2, 0.25) is 0 Å². The predicted octanol–water partition coefficient (Wildman–Crippen LogP) is 2.72. The first-order valence-corrected chi connectivity index (χ1v) is 9.40. The summed E-state index contributed by atoms with van der Waals surface area (Å²) in [6.07, 6.45) is -1.27. The lowest BCUT2D eigenvalue weighted by Gasteiger charge is -2.41. The van der Waals surface area contributed by atoms with Gasteiger partial charge in [-0.05, 0) is 11.1 Å². The Morgan fingerprint density at radius 2 is 1.44 bits per heavy atom. The number of aliphatic hydroxyl groups is 1. The molecule has 0 aromatic heterocycles. The van der Waals surface area contributed by atoms with Gasteiger partial charge in [-0.25, -0.2) is 4.79 Å². The number of piperazine rings is 1. The third-order valence-corrected chi connectivity index (χ3v) is 5.46. The minimum atomic E-state index is -1.27. The van der Waals surface area contributed by atoms with E-state index in [2.05, 4.69) is 53.4 Å². The molecular formula is C21H21ClN2O3. The summed E-state index contributed by atoms with van der Waals surface area (Å²) in [5.74, 6) is -0.659. The van der Waals surface area contributed by atoms with Gasteiger partial charge in [0.2, 0.25) is 6.29 Å². The van der Waals surface area contributed by atoms with Crippen LogP contribution in [0.1, 0.15) is 17.2 Å². The maximum absolute atomic E-state index is 11.6. The number of rotatable bonds is 4. The van der Waals surface area contributed by atoms with Crippen LogP contribution in [0.15, 0.2) is 71.4 Å². The van der Waals surface area contributed by atoms with E-state index in [1.54, 1.807) is 0 Å². The van der Waals surface area contributed by atoms with Crippen LogP contribution in [0.3, 0.4) is 0 Å². The van der Waals surface area contributed by atoms with Gasteiger partial charge in [0, 0.05) is 26.2 Å². The quantitative estimate of drug-likeness (QED) is 0.821. The highest BCUT2D eigenvalue weighted by Gasteiger charge is 2.37. The van der Waals surface area contributed by atoms with Gasteiger partial charge in [0.25, 0.3) is 0 Å². The van der Waals surface area contributed by atoms with Crippen LogP contribution < -0.4 is 0 Å². The number of cyclic esters (lactones) is 1. The molecule has 140 valence electrons. The Kier molecular flexibility index (Phi) is 5.16. The normalized spacial score (nSPS) is 21.1. The number of carbonyl (C=O) groups is 1. The lowest BCUT2D eigenvalue weighted by Crippen LogP contribution is -2.48. The van der Waals surface area contributed by atoms with E-state index in [0.29, 0.717) is 18.8 Å². The molecule has 2 aliphatic rings. The highest BCUT2D eigenvalue weighted by Crippen LogP contribution is 2.32. The molecule has 1 atom stereocenters. The zero-order chi connectivity index (χ0) is 18.8. The molecule has 6 heteroatoms. The van der Waals surface area contributed by atoms with E-state index in [4.69, 9.17) is 16.3 Å². The molecule has 5 nitrogen and oxygen atoms in total. The lowest BCUT2D eigenvalue weighted by molar-refractivity contribution is -0.153. The van der Waals surface area contributed by atoms with E-state index in [9.17, 15) is 9.90 Å². The van der Waals surface area contributed by atoms with E-state index >= 15 is 0 Å². The van der Waals surface area contributed by atoms with Gasteiger partial charge in [0.05, 0.1) is 6.04 Å². The predicted molar refractivity (Wildman–Crippen MR) is 103 cm³/mol. The van der Waals surface area contributed by atoms with Crippen LogP contribution in [0, 0.1) is 0 Å². The van der Waals surface area contributed by atoms with Crippen LogP contribution in [-0.4, -0.2) is 53.3 Å². The molecule has 0 spiro atoms. The van der Waals surface area contributed by atoms with Gasteiger partial charge < -0.3 is 14.7 Å². The Morgan fingerprint density at radius 1 is 0.926 bits per heavy atom. The number of halogens is 1. The van der Waals surface area contributed by atoms with Crippen LogP contribution in [-0.2, 0) is 9.53 Å². The summed E-state index contributed by atoms with van der Waals surface area (Å²) in [5, 5.41) is 9.96. The number of esters is 1. The van der Waals surface area contributed by atoms with Gasteiger partial charge in [0.1, 0.15) is 5.70 Å². The smallest absolute Gasteiger partial charge is 0.354 e. The van der Waals surface area contributed by atoms with Gasteiger partial charge in [0.15, 0.2) is 5.03 Å². The summed E-state index contributed by atoms with van der Waals surface area (Å²) in [6, 6.07) is 21.0. The van der Waals surface area contributed by atoms with Crippen LogP contribution >= 0.6 is 11.6 Å². The first kappa shape index (κ1) is 18.0. The molecule has 27 heavy (non-hydrogen) atoms. The van der Waals surface area contributed by atoms with Crippen molar-refractivity contribution in [2.75, 3.05) is 26.2 Å². The van der Waals surface area contributed by atoms with Crippen molar-refractivity contribution in [2.45, 2.75) is 12.3 Å². The Hall–Kier alpha value is -2.34. The maximum Gasteiger partial charge on any atom is 0.354 e. The first-order valence-electron chi connectivity index (χ1n) is 9.03. The standard InChI is InChI=1S/C21H21ClN2O3/c22-17-19(21(26)27-20(17)25)24-13-11-23(12-14-24)18(15-7-3-1-4-8-15)16-9-5-2-6-10-16/h1-10,18,21,26H,11-14H2. The molecule has 2 aromatic carbocycles. The fourth-order valence-electron chi connectivity index (χ4n) is 3.82. The second-order valence-corrected chi connectivity index (χ2v) is 7.08. The number of aliphatic hydroxyl groups excluding tert-OH is 1. The molecule has 1 saturated heterocycles. The first-order chi connectivity index (χ1) is 13.1. The lowest BCUT2D eigenvalue weighted by atomic mass is 9.96. The van der Waals surface area contributed by atoms with E-state index < -0.39 is 12.3 Å². The second kappa shape index (κ2) is 7.72. The molecule has 0 amide bonds. The molecule has 4 rings (SSSR count). The van der Waals surface area contributed by atoms with Crippen LogP contribution in [0.25, 0.3) is 0 Å². The number of benzene rings is 2. The monoisotopic (exact) mass is 384 g/mol. The van der Waals surface area contributed by atoms with Crippen LogP contribution in [0.4, 0.5) is 0 Å². The van der Waals surface area contributed by atoms with Crippen molar-refractivity contribution in [1.29, 1.82) is 0 Å². The van der Waals surface area contributed by atoms with E-state index in [1.807, 2.05) is 17.0 Å². The summed E-state index contributed by atoms with van der Waals surface area (Å²) in [7, 11) is 0. The van der Waals surface area contributed by atoms with Crippen molar-refractivity contribution >= 4 is 17.6 Å². The van der Waals surface area contributed by atoms with Gasteiger partial charge in [-0.3, -0.25) is 4.90 Å². The van der Waals surface area contributed by atoms with Crippen molar-refractivity contribution < 1.29 is 14.6 Å². The van der Waals surface area contributed by atoms with Crippen molar-refractivity contribution in [2.24, 2.45) is 0 Å². The Balaban J connectivity index is 1.55. The minimum Gasteiger partial charge on any atom is -0.425 e. The summed E-state index contributed by atoms with van der Waals surface area (Å²) in [4.78, 5) is 15.9. The molecule has 1 unspecified atom stereocenters. The molecule has 2 heterocycles. The fourth-order valence-corrected chi connectivity index (χ4v) is 4.08. The van der Waals surface area contributed by atoms with Crippen molar-refractivity contribution in [3.05, 3.63) is 82.5 Å². The van der Waals surface area contributed by atoms with Crippen LogP contribution in [0.5, 0.6) is 0 Å². The molecule has 0 bridgehead atoms. The average molecular weight is 385 g/mol. The topological polar surface area (TPSA) is 53.0 Å². The molecule has 0 saturated carbocycles. The third kappa shape index (κ3) is 3.58. The summed E-state index contributed by atoms with van der Waals surface area (Å²) >= 11 is 6.04. The van der Waals surface area contributed by atoms with E-state index in [0.717, 1.165) is 13.1 Å². The van der Waals surface area contributed by atoms with E-state index in [1.165, 1.54) is 11.1 Å². The van der Waals surface area contributed by atoms with E-state index in [-0.39, 0.29) is 11.1 Å². The highest BCUT2D eigenvalue weighted by molar-refractivity contribution is 6.42. The van der Waals surface area contributed by atoms with Crippen molar-refractivity contribution in [3.63, 3.8) is 0 Å². The number of carbonyl (C=O) groups excluding carboxylic acids is 1. The summed E-state index contributed by atoms with van der Waals surface area (Å²) in [6.45, 7) is 2.89.